The van der Waals surface area contributed by atoms with E-state index in [0.717, 1.165) is 10.5 Å². The fourth-order valence-electron chi connectivity index (χ4n) is 3.21. The lowest BCUT2D eigenvalue weighted by atomic mass is 10.1. The molecule has 0 unspecified atom stereocenters. The molecule has 9 nitrogen and oxygen atoms in total. The number of thioether (sulfide) groups is 1. The molecular weight excluding hydrogens is 472 g/mol. The summed E-state index contributed by atoms with van der Waals surface area (Å²) >= 11 is 1.40. The van der Waals surface area contributed by atoms with Gasteiger partial charge in [0.2, 0.25) is 0 Å². The van der Waals surface area contributed by atoms with Gasteiger partial charge in [0, 0.05) is 5.75 Å². The number of imide groups is 2. The van der Waals surface area contributed by atoms with Gasteiger partial charge in [-0.2, -0.15) is 0 Å². The van der Waals surface area contributed by atoms with E-state index in [1.54, 1.807) is 49.4 Å². The standard InChI is InChI=1S/C25H26N2O7S/c1-4-33-22(28)15-35-12-11-34-20-10-7-17(14-21(20)32-3)13-19-23(29)26-25(31)27(24(19)30)18-8-5-16(2)6-9-18/h5-10,13-14H,4,11-12,15H2,1-3H3,(H,26,29,31)/b19-13+. The Morgan fingerprint density at radius 1 is 1.09 bits per heavy atom. The number of amides is 4. The molecule has 0 aliphatic carbocycles. The lowest BCUT2D eigenvalue weighted by Crippen LogP contribution is -2.54. The Labute approximate surface area is 207 Å². The van der Waals surface area contributed by atoms with Crippen LogP contribution in [-0.2, 0) is 19.1 Å². The third kappa shape index (κ3) is 6.63. The first-order valence-electron chi connectivity index (χ1n) is 10.9. The first kappa shape index (κ1) is 25.8. The van der Waals surface area contributed by atoms with Crippen molar-refractivity contribution in [2.24, 2.45) is 0 Å². The van der Waals surface area contributed by atoms with Crippen LogP contribution < -0.4 is 19.7 Å². The third-order valence-corrected chi connectivity index (χ3v) is 5.80. The molecule has 0 radical (unpaired) electrons. The zero-order valence-corrected chi connectivity index (χ0v) is 20.5. The predicted octanol–water partition coefficient (Wildman–Crippen LogP) is 3.35. The molecule has 1 heterocycles. The van der Waals surface area contributed by atoms with Gasteiger partial charge >= 0.3 is 12.0 Å². The SMILES string of the molecule is CCOC(=O)CSCCOc1ccc(/C=C2\C(=O)NC(=O)N(c3ccc(C)cc3)C2=O)cc1OC. The Hall–Kier alpha value is -3.79. The van der Waals surface area contributed by atoms with Crippen molar-refractivity contribution in [1.82, 2.24) is 5.32 Å². The van der Waals surface area contributed by atoms with E-state index in [4.69, 9.17) is 14.2 Å². The number of hydrogen-bond donors (Lipinski definition) is 1. The molecule has 1 aliphatic rings. The zero-order chi connectivity index (χ0) is 25.4. The first-order chi connectivity index (χ1) is 16.8. The zero-order valence-electron chi connectivity index (χ0n) is 19.7. The number of aryl methyl sites for hydroxylation is 1. The summed E-state index contributed by atoms with van der Waals surface area (Å²) < 4.78 is 16.0. The summed E-state index contributed by atoms with van der Waals surface area (Å²) in [6, 6.07) is 11.0. The van der Waals surface area contributed by atoms with Crippen molar-refractivity contribution in [3.63, 3.8) is 0 Å². The van der Waals surface area contributed by atoms with Crippen LogP contribution in [0.25, 0.3) is 6.08 Å². The van der Waals surface area contributed by atoms with Crippen molar-refractivity contribution in [2.75, 3.05) is 36.7 Å². The van der Waals surface area contributed by atoms with Gasteiger partial charge in [-0.25, -0.2) is 9.69 Å². The number of esters is 1. The van der Waals surface area contributed by atoms with Gasteiger partial charge in [-0.1, -0.05) is 23.8 Å². The molecule has 2 aromatic carbocycles. The van der Waals surface area contributed by atoms with Crippen LogP contribution in [0.2, 0.25) is 0 Å². The molecule has 1 saturated heterocycles. The summed E-state index contributed by atoms with van der Waals surface area (Å²) in [5, 5.41) is 2.21. The number of carbonyl (C=O) groups is 4. The average Bonchev–Trinajstić information content (AvgIpc) is 2.83. The van der Waals surface area contributed by atoms with Crippen molar-refractivity contribution < 1.29 is 33.4 Å². The number of ether oxygens (including phenoxy) is 3. The highest BCUT2D eigenvalue weighted by Crippen LogP contribution is 2.30. The number of barbiturate groups is 1. The molecule has 0 saturated carbocycles. The number of nitrogens with zero attached hydrogens (tertiary/aromatic N) is 1. The van der Waals surface area contributed by atoms with Gasteiger partial charge in [0.15, 0.2) is 11.5 Å². The van der Waals surface area contributed by atoms with Gasteiger partial charge in [0.1, 0.15) is 5.57 Å². The van der Waals surface area contributed by atoms with Crippen molar-refractivity contribution in [3.05, 3.63) is 59.2 Å². The molecule has 10 heteroatoms. The molecule has 4 amide bonds. The second-order valence-corrected chi connectivity index (χ2v) is 8.51. The molecule has 1 aliphatic heterocycles. The highest BCUT2D eigenvalue weighted by molar-refractivity contribution is 7.99. The van der Waals surface area contributed by atoms with E-state index in [-0.39, 0.29) is 17.3 Å². The summed E-state index contributed by atoms with van der Waals surface area (Å²) in [6.45, 7) is 4.34. The van der Waals surface area contributed by atoms with E-state index >= 15 is 0 Å². The van der Waals surface area contributed by atoms with Crippen molar-refractivity contribution in [2.45, 2.75) is 13.8 Å². The van der Waals surface area contributed by atoms with Crippen LogP contribution in [0.3, 0.4) is 0 Å². The van der Waals surface area contributed by atoms with E-state index in [1.807, 2.05) is 6.92 Å². The molecule has 2 aromatic rings. The fraction of sp³-hybridized carbons (Fsp3) is 0.280. The minimum atomic E-state index is -0.803. The molecule has 0 spiro atoms. The van der Waals surface area contributed by atoms with E-state index in [9.17, 15) is 19.2 Å². The van der Waals surface area contributed by atoms with E-state index in [0.29, 0.717) is 41.7 Å². The molecule has 35 heavy (non-hydrogen) atoms. The normalized spacial score (nSPS) is 14.7. The average molecular weight is 499 g/mol. The van der Waals surface area contributed by atoms with Gasteiger partial charge in [-0.05, 0) is 49.8 Å². The quantitative estimate of drug-likeness (QED) is 0.230. The van der Waals surface area contributed by atoms with Crippen molar-refractivity contribution in [1.29, 1.82) is 0 Å². The van der Waals surface area contributed by atoms with E-state index in [1.165, 1.54) is 24.9 Å². The smallest absolute Gasteiger partial charge is 0.335 e. The lowest BCUT2D eigenvalue weighted by Gasteiger charge is -2.26. The van der Waals surface area contributed by atoms with Gasteiger partial charge in [-0.3, -0.25) is 19.7 Å². The van der Waals surface area contributed by atoms with Crippen LogP contribution in [0.1, 0.15) is 18.1 Å². The minimum absolute atomic E-state index is 0.184. The maximum Gasteiger partial charge on any atom is 0.335 e. The minimum Gasteiger partial charge on any atom is -0.493 e. The summed E-state index contributed by atoms with van der Waals surface area (Å²) in [6.07, 6.45) is 1.40. The van der Waals surface area contributed by atoms with Crippen LogP contribution in [0.15, 0.2) is 48.0 Å². The molecular formula is C25H26N2O7S. The number of hydrogen-bond acceptors (Lipinski definition) is 8. The number of methoxy groups -OCH3 is 1. The Kier molecular flexibility index (Phi) is 8.91. The number of nitrogens with one attached hydrogen (secondary N) is 1. The van der Waals surface area contributed by atoms with Gasteiger partial charge in [-0.15, -0.1) is 11.8 Å². The van der Waals surface area contributed by atoms with Crippen molar-refractivity contribution in [3.8, 4) is 11.5 Å². The number of rotatable bonds is 10. The van der Waals surface area contributed by atoms with E-state index < -0.39 is 17.8 Å². The summed E-state index contributed by atoms with van der Waals surface area (Å²) in [5.41, 5.74) is 1.66. The number of benzene rings is 2. The van der Waals surface area contributed by atoms with Gasteiger partial charge in [0.25, 0.3) is 11.8 Å². The first-order valence-corrected chi connectivity index (χ1v) is 12.0. The number of anilines is 1. The largest absolute Gasteiger partial charge is 0.493 e. The molecule has 1 fully saturated rings. The number of carbonyl (C=O) groups excluding carboxylic acids is 4. The molecule has 3 rings (SSSR count). The summed E-state index contributed by atoms with van der Waals surface area (Å²) in [4.78, 5) is 50.1. The van der Waals surface area contributed by atoms with Crippen LogP contribution in [0.5, 0.6) is 11.5 Å². The van der Waals surface area contributed by atoms with E-state index in [2.05, 4.69) is 5.32 Å². The number of urea groups is 1. The summed E-state index contributed by atoms with van der Waals surface area (Å²) in [7, 11) is 1.48. The highest BCUT2D eigenvalue weighted by Gasteiger charge is 2.36. The molecule has 0 aromatic heterocycles. The molecule has 184 valence electrons. The second-order valence-electron chi connectivity index (χ2n) is 7.41. The maximum absolute atomic E-state index is 13.0. The molecule has 1 N–H and O–H groups in total. The predicted molar refractivity (Wildman–Crippen MR) is 133 cm³/mol. The Morgan fingerprint density at radius 3 is 2.51 bits per heavy atom. The van der Waals surface area contributed by atoms with Gasteiger partial charge in [0.05, 0.1) is 31.8 Å². The second kappa shape index (κ2) is 12.1. The topological polar surface area (TPSA) is 111 Å². The van der Waals surface area contributed by atoms with Crippen LogP contribution in [0, 0.1) is 6.92 Å². The molecule has 0 bridgehead atoms. The van der Waals surface area contributed by atoms with Crippen molar-refractivity contribution >= 4 is 47.3 Å². The maximum atomic E-state index is 13.0. The molecule has 0 atom stereocenters. The van der Waals surface area contributed by atoms with Crippen LogP contribution in [0.4, 0.5) is 10.5 Å². The summed E-state index contributed by atoms with van der Waals surface area (Å²) in [5.74, 6) is -0.0602. The Morgan fingerprint density at radius 2 is 1.83 bits per heavy atom. The Balaban J connectivity index is 1.72. The highest BCUT2D eigenvalue weighted by atomic mass is 32.2. The fourth-order valence-corrected chi connectivity index (χ4v) is 3.81. The van der Waals surface area contributed by atoms with Crippen LogP contribution >= 0.6 is 11.8 Å². The van der Waals surface area contributed by atoms with Gasteiger partial charge < -0.3 is 14.2 Å². The lowest BCUT2D eigenvalue weighted by molar-refractivity contribution is -0.139. The Bertz CT molecular complexity index is 1150. The third-order valence-electron chi connectivity index (χ3n) is 4.90. The monoisotopic (exact) mass is 498 g/mol. The van der Waals surface area contributed by atoms with Crippen LogP contribution in [-0.4, -0.2) is 55.6 Å².